The summed E-state index contributed by atoms with van der Waals surface area (Å²) in [5.41, 5.74) is 3.75. The number of halogens is 1. The van der Waals surface area contributed by atoms with Crippen LogP contribution in [0, 0.1) is 0 Å². The zero-order valence-corrected chi connectivity index (χ0v) is 16.7. The minimum Gasteiger partial charge on any atom is -0.501 e. The summed E-state index contributed by atoms with van der Waals surface area (Å²) in [6.45, 7) is 0.531. The summed E-state index contributed by atoms with van der Waals surface area (Å²) < 4.78 is 16.9. The van der Waals surface area contributed by atoms with Crippen molar-refractivity contribution < 1.29 is 19.1 Å². The fraction of sp³-hybridized carbons (Fsp3) is 0.217. The van der Waals surface area contributed by atoms with Crippen molar-refractivity contribution in [2.75, 3.05) is 0 Å². The molecule has 0 saturated carbocycles. The molecule has 0 fully saturated rings. The quantitative estimate of drug-likeness (QED) is 0.534. The molecule has 3 aromatic rings. The average molecular weight is 409 g/mol. The van der Waals surface area contributed by atoms with E-state index in [-0.39, 0.29) is 6.10 Å². The van der Waals surface area contributed by atoms with E-state index in [9.17, 15) is 5.02 Å². The van der Waals surface area contributed by atoms with E-state index in [1.54, 1.807) is 36.4 Å². The van der Waals surface area contributed by atoms with Gasteiger partial charge >= 0.3 is 7.32 Å². The predicted molar refractivity (Wildman–Crippen MR) is 114 cm³/mol. The molecule has 0 spiro atoms. The smallest absolute Gasteiger partial charge is 0.501 e. The largest absolute Gasteiger partial charge is 0.785 e. The van der Waals surface area contributed by atoms with Crippen molar-refractivity contribution in [3.63, 3.8) is 0 Å². The third-order valence-electron chi connectivity index (χ3n) is 4.98. The molecule has 4 rings (SSSR count). The summed E-state index contributed by atoms with van der Waals surface area (Å²) in [4.78, 5) is 0. The first-order chi connectivity index (χ1) is 14.2. The lowest BCUT2D eigenvalue weighted by Gasteiger charge is -2.25. The van der Waals surface area contributed by atoms with Gasteiger partial charge in [0, 0.05) is 5.02 Å². The number of hydrogen-bond acceptors (Lipinski definition) is 4. The molecular formula is C23H22BClO4. The van der Waals surface area contributed by atoms with Crippen molar-refractivity contribution in [2.45, 2.75) is 32.0 Å². The molecule has 4 nitrogen and oxygen atoms in total. The van der Waals surface area contributed by atoms with Gasteiger partial charge in [-0.2, -0.15) is 0 Å². The van der Waals surface area contributed by atoms with E-state index >= 15 is 0 Å². The summed E-state index contributed by atoms with van der Waals surface area (Å²) >= 11 is 5.83. The first-order valence-corrected chi connectivity index (χ1v) is 10.1. The molecule has 0 aliphatic heterocycles. The number of rotatable bonds is 7. The fourth-order valence-electron chi connectivity index (χ4n) is 3.51. The van der Waals surface area contributed by atoms with Gasteiger partial charge in [-0.25, -0.2) is 0 Å². The van der Waals surface area contributed by atoms with Crippen molar-refractivity contribution in [3.8, 4) is 11.5 Å². The van der Waals surface area contributed by atoms with Gasteiger partial charge in [0.25, 0.3) is 0 Å². The van der Waals surface area contributed by atoms with E-state index < -0.39 is 7.32 Å². The zero-order valence-electron chi connectivity index (χ0n) is 16.0. The number of fused-ring (bicyclic) bond motifs is 1. The molecule has 1 aliphatic rings. The van der Waals surface area contributed by atoms with Crippen LogP contribution in [0.1, 0.15) is 35.6 Å². The van der Waals surface area contributed by atoms with Gasteiger partial charge in [-0.1, -0.05) is 48.0 Å². The summed E-state index contributed by atoms with van der Waals surface area (Å²) in [6, 6.07) is 22.7. The zero-order chi connectivity index (χ0) is 20.1. The fourth-order valence-corrected chi connectivity index (χ4v) is 3.64. The maximum Gasteiger partial charge on any atom is 0.785 e. The minimum atomic E-state index is -1.41. The summed E-state index contributed by atoms with van der Waals surface area (Å²) in [6.07, 6.45) is 3.47. The van der Waals surface area contributed by atoms with Crippen LogP contribution >= 0.6 is 11.6 Å². The maximum absolute atomic E-state index is 9.96. The van der Waals surface area contributed by atoms with Crippen LogP contribution in [-0.2, 0) is 17.8 Å². The molecule has 3 aromatic carbocycles. The molecule has 1 atom stereocenters. The molecule has 1 N–H and O–H groups in total. The molecule has 6 heteroatoms. The van der Waals surface area contributed by atoms with Crippen molar-refractivity contribution in [1.29, 1.82) is 0 Å². The Morgan fingerprint density at radius 1 is 0.897 bits per heavy atom. The van der Waals surface area contributed by atoms with Crippen LogP contribution in [0.5, 0.6) is 11.5 Å². The van der Waals surface area contributed by atoms with Crippen molar-refractivity contribution in [3.05, 3.63) is 94.5 Å². The van der Waals surface area contributed by atoms with Gasteiger partial charge in [-0.3, -0.25) is 0 Å². The predicted octanol–water partition coefficient (Wildman–Crippen LogP) is 5.37. The molecule has 29 heavy (non-hydrogen) atoms. The molecular weight excluding hydrogens is 387 g/mol. The monoisotopic (exact) mass is 408 g/mol. The molecule has 0 aromatic heterocycles. The lowest BCUT2D eigenvalue weighted by Crippen LogP contribution is -2.29. The lowest BCUT2D eigenvalue weighted by molar-refractivity contribution is 0.0282. The van der Waals surface area contributed by atoms with Gasteiger partial charge in [0.2, 0.25) is 0 Å². The highest BCUT2D eigenvalue weighted by Gasteiger charge is 2.22. The van der Waals surface area contributed by atoms with Crippen molar-refractivity contribution >= 4 is 18.9 Å². The van der Waals surface area contributed by atoms with Gasteiger partial charge < -0.3 is 19.1 Å². The van der Waals surface area contributed by atoms with Gasteiger partial charge in [0.05, 0.1) is 12.7 Å². The van der Waals surface area contributed by atoms with Gasteiger partial charge in [0.15, 0.2) is 0 Å². The molecule has 0 bridgehead atoms. The normalized spacial score (nSPS) is 15.4. The third-order valence-corrected chi connectivity index (χ3v) is 5.23. The van der Waals surface area contributed by atoms with Crippen LogP contribution in [-0.4, -0.2) is 12.3 Å². The highest BCUT2D eigenvalue weighted by Crippen LogP contribution is 2.33. The Hall–Kier alpha value is -2.47. The van der Waals surface area contributed by atoms with E-state index in [1.807, 2.05) is 12.1 Å². The third kappa shape index (κ3) is 5.33. The molecule has 0 saturated heterocycles. The Bertz CT molecular complexity index is 930. The van der Waals surface area contributed by atoms with Gasteiger partial charge in [-0.15, -0.1) is 0 Å². The molecule has 1 unspecified atom stereocenters. The van der Waals surface area contributed by atoms with E-state index in [0.717, 1.165) is 24.8 Å². The number of benzene rings is 3. The SMILES string of the molecule is OB(Oc1ccc(Cl)cc1)Oc1ccc(COC2CCCc3ccccc32)cc1. The van der Waals surface area contributed by atoms with Crippen molar-refractivity contribution in [1.82, 2.24) is 0 Å². The standard InChI is InChI=1S/C23H22BClO4/c25-19-10-14-21(15-11-19)29-24(26)28-20-12-8-17(9-13-20)16-27-23-7-3-5-18-4-1-2-6-22(18)23/h1-2,4,6,8-15,23,26H,3,5,7,16H2. The van der Waals surface area contributed by atoms with Crippen LogP contribution < -0.4 is 9.31 Å². The molecule has 1 aliphatic carbocycles. The highest BCUT2D eigenvalue weighted by atomic mass is 35.5. The molecule has 0 amide bonds. The van der Waals surface area contributed by atoms with Crippen LogP contribution in [0.4, 0.5) is 0 Å². The second kappa shape index (κ2) is 9.36. The maximum atomic E-state index is 9.96. The topological polar surface area (TPSA) is 47.9 Å². The lowest BCUT2D eigenvalue weighted by atomic mass is 9.89. The molecule has 0 radical (unpaired) electrons. The minimum absolute atomic E-state index is 0.144. The van der Waals surface area contributed by atoms with E-state index in [0.29, 0.717) is 23.1 Å². The Morgan fingerprint density at radius 2 is 1.55 bits per heavy atom. The van der Waals surface area contributed by atoms with E-state index in [4.69, 9.17) is 25.6 Å². The van der Waals surface area contributed by atoms with Gasteiger partial charge in [-0.05, 0) is 72.4 Å². The summed E-state index contributed by atoms with van der Waals surface area (Å²) in [5.74, 6) is 0.984. The Morgan fingerprint density at radius 3 is 2.28 bits per heavy atom. The average Bonchev–Trinajstić information content (AvgIpc) is 2.75. The summed E-state index contributed by atoms with van der Waals surface area (Å²) in [7, 11) is -1.41. The van der Waals surface area contributed by atoms with E-state index in [2.05, 4.69) is 24.3 Å². The second-order valence-corrected chi connectivity index (χ2v) is 7.47. The second-order valence-electron chi connectivity index (χ2n) is 7.03. The van der Waals surface area contributed by atoms with Crippen LogP contribution in [0.2, 0.25) is 5.02 Å². The molecule has 0 heterocycles. The first kappa shape index (κ1) is 19.8. The Kier molecular flexibility index (Phi) is 6.40. The van der Waals surface area contributed by atoms with Crippen LogP contribution in [0.25, 0.3) is 0 Å². The van der Waals surface area contributed by atoms with Crippen LogP contribution in [0.3, 0.4) is 0 Å². The van der Waals surface area contributed by atoms with E-state index in [1.165, 1.54) is 11.1 Å². The van der Waals surface area contributed by atoms with Crippen molar-refractivity contribution in [2.24, 2.45) is 0 Å². The first-order valence-electron chi connectivity index (χ1n) is 9.73. The van der Waals surface area contributed by atoms with Crippen LogP contribution in [0.15, 0.2) is 72.8 Å². The number of ether oxygens (including phenoxy) is 1. The Labute approximate surface area is 176 Å². The molecule has 148 valence electrons. The number of aryl methyl sites for hydroxylation is 1. The number of hydrogen-bond donors (Lipinski definition) is 1. The summed E-state index contributed by atoms with van der Waals surface area (Å²) in [5, 5.41) is 10.6. The Balaban J connectivity index is 1.30. The van der Waals surface area contributed by atoms with Gasteiger partial charge in [0.1, 0.15) is 11.5 Å². The highest BCUT2D eigenvalue weighted by molar-refractivity contribution is 6.36.